The van der Waals surface area contributed by atoms with Crippen molar-refractivity contribution in [2.45, 2.75) is 13.2 Å². The lowest BCUT2D eigenvalue weighted by Gasteiger charge is -2.09. The molecule has 118 valence electrons. The van der Waals surface area contributed by atoms with Crippen molar-refractivity contribution in [2.24, 2.45) is 5.73 Å². The third-order valence-electron chi connectivity index (χ3n) is 3.19. The van der Waals surface area contributed by atoms with Gasteiger partial charge in [0.15, 0.2) is 0 Å². The summed E-state index contributed by atoms with van der Waals surface area (Å²) in [6.07, 6.45) is 0. The van der Waals surface area contributed by atoms with Gasteiger partial charge >= 0.3 is 0 Å². The summed E-state index contributed by atoms with van der Waals surface area (Å²) in [6.45, 7) is 0.503. The van der Waals surface area contributed by atoms with Gasteiger partial charge in [0, 0.05) is 21.2 Å². The van der Waals surface area contributed by atoms with Crippen molar-refractivity contribution in [2.75, 3.05) is 0 Å². The van der Waals surface area contributed by atoms with Gasteiger partial charge in [0.05, 0.1) is 6.54 Å². The van der Waals surface area contributed by atoms with E-state index >= 15 is 0 Å². The second-order valence-corrected chi connectivity index (χ2v) is 5.53. The molecule has 0 spiro atoms. The van der Waals surface area contributed by atoms with Gasteiger partial charge in [-0.25, -0.2) is 0 Å². The molecule has 0 aliphatic heterocycles. The monoisotopic (exact) mass is 349 g/mol. The maximum Gasteiger partial charge on any atom is 0.247 e. The summed E-state index contributed by atoms with van der Waals surface area (Å²) < 4.78 is 11.1. The van der Waals surface area contributed by atoms with E-state index in [0.29, 0.717) is 27.6 Å². The number of aromatic nitrogens is 2. The van der Waals surface area contributed by atoms with Crippen LogP contribution in [0.3, 0.4) is 0 Å². The molecule has 5 nitrogen and oxygen atoms in total. The van der Waals surface area contributed by atoms with Crippen molar-refractivity contribution in [1.82, 2.24) is 10.2 Å². The topological polar surface area (TPSA) is 74.2 Å². The van der Waals surface area contributed by atoms with E-state index in [1.54, 1.807) is 18.2 Å². The van der Waals surface area contributed by atoms with Crippen molar-refractivity contribution in [3.8, 4) is 17.2 Å². The Hall–Kier alpha value is -2.08. The fraction of sp³-hybridized carbons (Fsp3) is 0.125. The Morgan fingerprint density at radius 1 is 1.00 bits per heavy atom. The zero-order valence-corrected chi connectivity index (χ0v) is 13.5. The number of hydrogen-bond donors (Lipinski definition) is 1. The summed E-state index contributed by atoms with van der Waals surface area (Å²) in [4.78, 5) is 0. The predicted octanol–water partition coefficient (Wildman–Crippen LogP) is 4.08. The largest absolute Gasteiger partial charge is 0.489 e. The summed E-state index contributed by atoms with van der Waals surface area (Å²) >= 11 is 12.2. The van der Waals surface area contributed by atoms with Crippen LogP contribution in [0.4, 0.5) is 0 Å². The number of nitrogens with zero attached hydrogens (tertiary/aromatic N) is 2. The van der Waals surface area contributed by atoms with Crippen LogP contribution in [0.15, 0.2) is 46.9 Å². The summed E-state index contributed by atoms with van der Waals surface area (Å²) in [5.74, 6) is 1.50. The van der Waals surface area contributed by atoms with Crippen LogP contribution in [0.25, 0.3) is 11.5 Å². The van der Waals surface area contributed by atoms with Crippen LogP contribution in [-0.2, 0) is 13.2 Å². The molecule has 2 N–H and O–H groups in total. The van der Waals surface area contributed by atoms with Gasteiger partial charge in [-0.3, -0.25) is 0 Å². The van der Waals surface area contributed by atoms with Crippen LogP contribution in [0.2, 0.25) is 10.0 Å². The van der Waals surface area contributed by atoms with Crippen molar-refractivity contribution in [1.29, 1.82) is 0 Å². The van der Waals surface area contributed by atoms with E-state index in [9.17, 15) is 0 Å². The molecule has 0 aliphatic rings. The third kappa shape index (κ3) is 3.64. The van der Waals surface area contributed by atoms with Gasteiger partial charge in [0.25, 0.3) is 0 Å². The molecule has 0 fully saturated rings. The summed E-state index contributed by atoms with van der Waals surface area (Å²) in [6, 6.07) is 12.6. The highest BCUT2D eigenvalue weighted by atomic mass is 35.5. The van der Waals surface area contributed by atoms with Crippen LogP contribution in [0, 0.1) is 0 Å². The smallest absolute Gasteiger partial charge is 0.247 e. The highest BCUT2D eigenvalue weighted by Gasteiger charge is 2.09. The van der Waals surface area contributed by atoms with Crippen LogP contribution in [-0.4, -0.2) is 10.2 Å². The molecule has 1 heterocycles. The highest BCUT2D eigenvalue weighted by Crippen LogP contribution is 2.27. The molecule has 2 aromatic carbocycles. The highest BCUT2D eigenvalue weighted by molar-refractivity contribution is 6.35. The Kier molecular flexibility index (Phi) is 4.81. The first-order valence-electron chi connectivity index (χ1n) is 6.86. The molecule has 0 aliphatic carbocycles. The quantitative estimate of drug-likeness (QED) is 0.750. The zero-order valence-electron chi connectivity index (χ0n) is 12.0. The number of rotatable bonds is 5. The minimum Gasteiger partial charge on any atom is -0.489 e. The molecule has 0 saturated heterocycles. The van der Waals surface area contributed by atoms with Crippen molar-refractivity contribution in [3.63, 3.8) is 0 Å². The molecule has 0 bridgehead atoms. The van der Waals surface area contributed by atoms with Crippen molar-refractivity contribution in [3.05, 3.63) is 64.0 Å². The van der Waals surface area contributed by atoms with Crippen molar-refractivity contribution >= 4 is 23.2 Å². The molecular weight excluding hydrogens is 337 g/mol. The van der Waals surface area contributed by atoms with E-state index in [-0.39, 0.29) is 13.2 Å². The summed E-state index contributed by atoms with van der Waals surface area (Å²) in [5.41, 5.74) is 6.99. The van der Waals surface area contributed by atoms with E-state index in [4.69, 9.17) is 38.1 Å². The Morgan fingerprint density at radius 3 is 2.30 bits per heavy atom. The molecule has 0 radical (unpaired) electrons. The Balaban J connectivity index is 1.70. The fourth-order valence-corrected chi connectivity index (χ4v) is 2.48. The first kappa shape index (κ1) is 15.8. The van der Waals surface area contributed by atoms with Gasteiger partial charge in [0.2, 0.25) is 11.8 Å². The Bertz CT molecular complexity index is 783. The van der Waals surface area contributed by atoms with Gasteiger partial charge in [0.1, 0.15) is 12.4 Å². The average molecular weight is 350 g/mol. The van der Waals surface area contributed by atoms with Gasteiger partial charge in [-0.1, -0.05) is 29.3 Å². The molecule has 23 heavy (non-hydrogen) atoms. The van der Waals surface area contributed by atoms with Crippen LogP contribution in [0.1, 0.15) is 11.5 Å². The molecular formula is C16H13Cl2N3O2. The van der Waals surface area contributed by atoms with E-state index in [2.05, 4.69) is 10.2 Å². The lowest BCUT2D eigenvalue weighted by molar-refractivity contribution is 0.306. The third-order valence-corrected chi connectivity index (χ3v) is 3.90. The van der Waals surface area contributed by atoms with Crippen LogP contribution >= 0.6 is 23.2 Å². The van der Waals surface area contributed by atoms with E-state index in [1.165, 1.54) is 0 Å². The lowest BCUT2D eigenvalue weighted by Crippen LogP contribution is -1.97. The second-order valence-electron chi connectivity index (χ2n) is 4.72. The minimum absolute atomic E-state index is 0.215. The van der Waals surface area contributed by atoms with E-state index in [1.807, 2.05) is 24.3 Å². The predicted molar refractivity (Wildman–Crippen MR) is 88.4 cm³/mol. The number of ether oxygens (including phenoxy) is 1. The molecule has 3 rings (SSSR count). The Labute approximate surface area is 143 Å². The number of hydrogen-bond acceptors (Lipinski definition) is 5. The molecule has 0 saturated carbocycles. The van der Waals surface area contributed by atoms with E-state index in [0.717, 1.165) is 11.1 Å². The maximum absolute atomic E-state index is 6.11. The standard InChI is InChI=1S/C16H13Cl2N3O2/c17-13-2-1-3-14(18)12(13)9-22-11-6-4-10(5-7-11)16-21-20-15(8-19)23-16/h1-7H,8-9,19H2. The van der Waals surface area contributed by atoms with Gasteiger partial charge in [-0.05, 0) is 36.4 Å². The normalized spacial score (nSPS) is 10.7. The Morgan fingerprint density at radius 2 is 1.70 bits per heavy atom. The number of nitrogens with two attached hydrogens (primary N) is 1. The molecule has 0 amide bonds. The first-order chi connectivity index (χ1) is 11.2. The first-order valence-corrected chi connectivity index (χ1v) is 7.61. The van der Waals surface area contributed by atoms with Gasteiger partial charge in [-0.2, -0.15) is 0 Å². The van der Waals surface area contributed by atoms with E-state index < -0.39 is 0 Å². The second kappa shape index (κ2) is 7.00. The molecule has 1 aromatic heterocycles. The number of benzene rings is 2. The summed E-state index contributed by atoms with van der Waals surface area (Å²) in [5, 5.41) is 8.91. The van der Waals surface area contributed by atoms with Crippen LogP contribution in [0.5, 0.6) is 5.75 Å². The number of halogens is 2. The molecule has 7 heteroatoms. The van der Waals surface area contributed by atoms with Crippen molar-refractivity contribution < 1.29 is 9.15 Å². The molecule has 0 unspecified atom stereocenters. The molecule has 0 atom stereocenters. The molecule has 3 aromatic rings. The fourth-order valence-electron chi connectivity index (χ4n) is 1.97. The van der Waals surface area contributed by atoms with Gasteiger partial charge < -0.3 is 14.9 Å². The zero-order chi connectivity index (χ0) is 16.2. The maximum atomic E-state index is 6.11. The SMILES string of the molecule is NCc1nnc(-c2ccc(OCc3c(Cl)cccc3Cl)cc2)o1. The summed E-state index contributed by atoms with van der Waals surface area (Å²) in [7, 11) is 0. The van der Waals surface area contributed by atoms with Crippen LogP contribution < -0.4 is 10.5 Å². The lowest BCUT2D eigenvalue weighted by atomic mass is 10.2. The van der Waals surface area contributed by atoms with Gasteiger partial charge in [-0.15, -0.1) is 10.2 Å². The average Bonchev–Trinajstić information content (AvgIpc) is 3.04. The minimum atomic E-state index is 0.215.